The number of hydrogen-bond acceptors (Lipinski definition) is 0. The number of nitrogens with one attached hydrogen (secondary N) is 1. The van der Waals surface area contributed by atoms with Gasteiger partial charge in [0.25, 0.3) is 0 Å². The van der Waals surface area contributed by atoms with Crippen molar-refractivity contribution in [3.8, 4) is 0 Å². The van der Waals surface area contributed by atoms with Gasteiger partial charge in [0, 0.05) is 26.8 Å². The molecule has 3 aromatic rings. The summed E-state index contributed by atoms with van der Waals surface area (Å²) in [6.07, 6.45) is 0. The third-order valence-corrected chi connectivity index (χ3v) is 2.76. The number of benzene rings is 2. The fourth-order valence-corrected chi connectivity index (χ4v) is 2.03. The molecule has 0 unspecified atom stereocenters. The molecule has 0 atom stereocenters. The molecule has 0 saturated carbocycles. The molecule has 1 nitrogen and oxygen atoms in total. The molecule has 1 heterocycles. The van der Waals surface area contributed by atoms with E-state index in [1.54, 1.807) is 6.07 Å². The van der Waals surface area contributed by atoms with Crippen LogP contribution < -0.4 is 0 Å². The van der Waals surface area contributed by atoms with Crippen molar-refractivity contribution in [1.29, 1.82) is 0 Å². The first kappa shape index (κ1) is 8.74. The van der Waals surface area contributed by atoms with Gasteiger partial charge in [0.2, 0.25) is 0 Å². The summed E-state index contributed by atoms with van der Waals surface area (Å²) in [5, 5.41) is 2.76. The number of aromatic nitrogens is 1. The average Bonchev–Trinajstić information content (AvgIpc) is 2.53. The number of H-pyrrole nitrogens is 1. The SMILES string of the molecule is Fc1ccc2c(c1)[nH]c1cc(Cl)ccc12. The van der Waals surface area contributed by atoms with E-state index < -0.39 is 0 Å². The van der Waals surface area contributed by atoms with Crippen LogP contribution in [0.1, 0.15) is 0 Å². The lowest BCUT2D eigenvalue weighted by Gasteiger charge is -1.91. The summed E-state index contributed by atoms with van der Waals surface area (Å²) < 4.78 is 13.0. The van der Waals surface area contributed by atoms with Crippen molar-refractivity contribution >= 4 is 33.4 Å². The molecule has 0 amide bonds. The summed E-state index contributed by atoms with van der Waals surface area (Å²) in [6, 6.07) is 10.3. The van der Waals surface area contributed by atoms with E-state index in [1.807, 2.05) is 18.2 Å². The molecular weight excluding hydrogens is 213 g/mol. The Morgan fingerprint density at radius 2 is 1.60 bits per heavy atom. The highest BCUT2D eigenvalue weighted by Crippen LogP contribution is 2.27. The van der Waals surface area contributed by atoms with Crippen LogP contribution in [0.5, 0.6) is 0 Å². The molecule has 0 aliphatic carbocycles. The maximum Gasteiger partial charge on any atom is 0.125 e. The first-order valence-electron chi connectivity index (χ1n) is 4.60. The van der Waals surface area contributed by atoms with Crippen molar-refractivity contribution in [2.24, 2.45) is 0 Å². The summed E-state index contributed by atoms with van der Waals surface area (Å²) in [5.74, 6) is -0.236. The molecular formula is C12H7ClFN. The molecule has 1 aromatic heterocycles. The predicted octanol–water partition coefficient (Wildman–Crippen LogP) is 4.11. The first-order valence-corrected chi connectivity index (χ1v) is 4.98. The van der Waals surface area contributed by atoms with Crippen LogP contribution >= 0.6 is 11.6 Å². The number of halogens is 2. The smallest absolute Gasteiger partial charge is 0.125 e. The number of hydrogen-bond donors (Lipinski definition) is 1. The molecule has 3 heteroatoms. The van der Waals surface area contributed by atoms with E-state index in [4.69, 9.17) is 11.6 Å². The monoisotopic (exact) mass is 219 g/mol. The Bertz CT molecular complexity index is 601. The highest BCUT2D eigenvalue weighted by Gasteiger charge is 2.04. The lowest BCUT2D eigenvalue weighted by atomic mass is 10.1. The summed E-state index contributed by atoms with van der Waals surface area (Å²) >= 11 is 5.88. The second kappa shape index (κ2) is 2.97. The minimum absolute atomic E-state index is 0.236. The fourth-order valence-electron chi connectivity index (χ4n) is 1.85. The van der Waals surface area contributed by atoms with E-state index in [-0.39, 0.29) is 5.82 Å². The molecule has 0 aliphatic rings. The summed E-state index contributed by atoms with van der Waals surface area (Å²) in [5.41, 5.74) is 1.73. The highest BCUT2D eigenvalue weighted by molar-refractivity contribution is 6.31. The van der Waals surface area contributed by atoms with Crippen molar-refractivity contribution in [2.75, 3.05) is 0 Å². The van der Waals surface area contributed by atoms with Crippen LogP contribution in [0.4, 0.5) is 4.39 Å². The lowest BCUT2D eigenvalue weighted by Crippen LogP contribution is -1.71. The van der Waals surface area contributed by atoms with E-state index in [2.05, 4.69) is 4.98 Å². The van der Waals surface area contributed by atoms with Gasteiger partial charge in [0.1, 0.15) is 5.82 Å². The molecule has 0 saturated heterocycles. The Morgan fingerprint density at radius 1 is 0.933 bits per heavy atom. The Hall–Kier alpha value is -1.54. The fraction of sp³-hybridized carbons (Fsp3) is 0. The summed E-state index contributed by atoms with van der Waals surface area (Å²) in [4.78, 5) is 3.14. The average molecular weight is 220 g/mol. The van der Waals surface area contributed by atoms with E-state index >= 15 is 0 Å². The van der Waals surface area contributed by atoms with Crippen LogP contribution in [0.15, 0.2) is 36.4 Å². The van der Waals surface area contributed by atoms with Crippen LogP contribution in [-0.2, 0) is 0 Å². The van der Waals surface area contributed by atoms with Gasteiger partial charge in [-0.3, -0.25) is 0 Å². The molecule has 2 aromatic carbocycles. The van der Waals surface area contributed by atoms with Crippen LogP contribution in [-0.4, -0.2) is 4.98 Å². The van der Waals surface area contributed by atoms with Gasteiger partial charge >= 0.3 is 0 Å². The molecule has 0 aliphatic heterocycles. The van der Waals surface area contributed by atoms with Crippen molar-refractivity contribution < 1.29 is 4.39 Å². The van der Waals surface area contributed by atoms with Gasteiger partial charge in [-0.2, -0.15) is 0 Å². The minimum Gasteiger partial charge on any atom is -0.354 e. The van der Waals surface area contributed by atoms with Crippen LogP contribution in [0.25, 0.3) is 21.8 Å². The first-order chi connectivity index (χ1) is 7.24. The van der Waals surface area contributed by atoms with Crippen LogP contribution in [0, 0.1) is 5.82 Å². The maximum absolute atomic E-state index is 13.0. The van der Waals surface area contributed by atoms with E-state index in [0.29, 0.717) is 5.02 Å². The van der Waals surface area contributed by atoms with E-state index in [0.717, 1.165) is 21.8 Å². The zero-order valence-corrected chi connectivity index (χ0v) is 8.48. The highest BCUT2D eigenvalue weighted by atomic mass is 35.5. The molecule has 74 valence electrons. The standard InChI is InChI=1S/C12H7ClFN/c13-7-1-3-9-10-4-2-8(14)6-12(10)15-11(9)5-7/h1-6,15H. The van der Waals surface area contributed by atoms with Crippen molar-refractivity contribution in [2.45, 2.75) is 0 Å². The minimum atomic E-state index is -0.236. The summed E-state index contributed by atoms with van der Waals surface area (Å²) in [7, 11) is 0. The third kappa shape index (κ3) is 1.29. The Labute approximate surface area is 90.5 Å². The maximum atomic E-state index is 13.0. The molecule has 3 rings (SSSR count). The number of rotatable bonds is 0. The molecule has 1 N–H and O–H groups in total. The van der Waals surface area contributed by atoms with Gasteiger partial charge in [0.15, 0.2) is 0 Å². The Kier molecular flexibility index (Phi) is 1.73. The number of fused-ring (bicyclic) bond motifs is 3. The Morgan fingerprint density at radius 3 is 2.40 bits per heavy atom. The Balaban J connectivity index is 2.51. The normalized spacial score (nSPS) is 11.3. The van der Waals surface area contributed by atoms with Gasteiger partial charge in [-0.05, 0) is 30.3 Å². The molecule has 15 heavy (non-hydrogen) atoms. The van der Waals surface area contributed by atoms with Crippen molar-refractivity contribution in [1.82, 2.24) is 4.98 Å². The van der Waals surface area contributed by atoms with Gasteiger partial charge in [-0.25, -0.2) is 4.39 Å². The zero-order valence-electron chi connectivity index (χ0n) is 7.72. The molecule has 0 bridgehead atoms. The second-order valence-electron chi connectivity index (χ2n) is 3.50. The number of aromatic amines is 1. The molecule has 0 radical (unpaired) electrons. The second-order valence-corrected chi connectivity index (χ2v) is 3.94. The lowest BCUT2D eigenvalue weighted by molar-refractivity contribution is 0.629. The third-order valence-electron chi connectivity index (χ3n) is 2.52. The topological polar surface area (TPSA) is 15.8 Å². The van der Waals surface area contributed by atoms with Gasteiger partial charge < -0.3 is 4.98 Å². The van der Waals surface area contributed by atoms with Crippen molar-refractivity contribution in [3.05, 3.63) is 47.2 Å². The molecule has 0 spiro atoms. The summed E-state index contributed by atoms with van der Waals surface area (Å²) in [6.45, 7) is 0. The van der Waals surface area contributed by atoms with Crippen molar-refractivity contribution in [3.63, 3.8) is 0 Å². The van der Waals surface area contributed by atoms with E-state index in [1.165, 1.54) is 12.1 Å². The van der Waals surface area contributed by atoms with E-state index in [9.17, 15) is 4.39 Å². The zero-order chi connectivity index (χ0) is 10.4. The molecule has 0 fully saturated rings. The largest absolute Gasteiger partial charge is 0.354 e. The quantitative estimate of drug-likeness (QED) is 0.586. The van der Waals surface area contributed by atoms with Crippen LogP contribution in [0.2, 0.25) is 5.02 Å². The van der Waals surface area contributed by atoms with Crippen LogP contribution in [0.3, 0.4) is 0 Å². The predicted molar refractivity (Wildman–Crippen MR) is 60.8 cm³/mol. The van der Waals surface area contributed by atoms with Gasteiger partial charge in [0.05, 0.1) is 0 Å². The van der Waals surface area contributed by atoms with Gasteiger partial charge in [-0.15, -0.1) is 0 Å². The van der Waals surface area contributed by atoms with Gasteiger partial charge in [-0.1, -0.05) is 17.7 Å².